The standard InChI is InChI=1S/C20H20ClN3O3S/c1-13(10-14-4-3-5-17(11-14)26-2)22-18(25)12-28-20-24-23-19(27-20)15-6-8-16(21)9-7-15/h3-9,11,13H,10,12H2,1-2H3,(H,22,25). The van der Waals surface area contributed by atoms with E-state index in [9.17, 15) is 4.79 Å². The third-order valence-electron chi connectivity index (χ3n) is 3.91. The highest BCUT2D eigenvalue weighted by Crippen LogP contribution is 2.24. The highest BCUT2D eigenvalue weighted by atomic mass is 35.5. The number of nitrogens with one attached hydrogen (secondary N) is 1. The number of rotatable bonds is 8. The molecule has 1 heterocycles. The fraction of sp³-hybridized carbons (Fsp3) is 0.250. The molecule has 1 N–H and O–H groups in total. The van der Waals surface area contributed by atoms with Crippen LogP contribution in [-0.4, -0.2) is 35.0 Å². The summed E-state index contributed by atoms with van der Waals surface area (Å²) in [7, 11) is 1.64. The highest BCUT2D eigenvalue weighted by Gasteiger charge is 2.13. The van der Waals surface area contributed by atoms with Gasteiger partial charge in [-0.2, -0.15) is 0 Å². The molecule has 0 saturated carbocycles. The summed E-state index contributed by atoms with van der Waals surface area (Å²) in [5, 5.41) is 11.9. The number of carbonyl (C=O) groups excluding carboxylic acids is 1. The molecule has 0 spiro atoms. The molecule has 146 valence electrons. The van der Waals surface area contributed by atoms with Crippen molar-refractivity contribution >= 4 is 29.3 Å². The minimum absolute atomic E-state index is 0.00693. The first-order valence-corrected chi connectivity index (χ1v) is 10.0. The van der Waals surface area contributed by atoms with Gasteiger partial charge in [0, 0.05) is 16.6 Å². The topological polar surface area (TPSA) is 77.2 Å². The normalized spacial score (nSPS) is 11.8. The van der Waals surface area contributed by atoms with Crippen molar-refractivity contribution in [1.29, 1.82) is 0 Å². The fourth-order valence-electron chi connectivity index (χ4n) is 2.63. The van der Waals surface area contributed by atoms with Gasteiger partial charge in [0.15, 0.2) is 0 Å². The maximum Gasteiger partial charge on any atom is 0.277 e. The Balaban J connectivity index is 1.48. The van der Waals surface area contributed by atoms with Crippen LogP contribution in [0.3, 0.4) is 0 Å². The molecule has 1 aromatic heterocycles. The van der Waals surface area contributed by atoms with Crippen LogP contribution < -0.4 is 10.1 Å². The molecule has 1 amide bonds. The minimum Gasteiger partial charge on any atom is -0.497 e. The summed E-state index contributed by atoms with van der Waals surface area (Å²) >= 11 is 7.08. The van der Waals surface area contributed by atoms with Crippen molar-refractivity contribution in [2.24, 2.45) is 0 Å². The molecule has 0 radical (unpaired) electrons. The summed E-state index contributed by atoms with van der Waals surface area (Å²) < 4.78 is 10.8. The van der Waals surface area contributed by atoms with E-state index in [4.69, 9.17) is 20.8 Å². The summed E-state index contributed by atoms with van der Waals surface area (Å²) in [6.07, 6.45) is 0.717. The van der Waals surface area contributed by atoms with Gasteiger partial charge in [0.1, 0.15) is 5.75 Å². The van der Waals surface area contributed by atoms with Crippen molar-refractivity contribution in [2.45, 2.75) is 24.6 Å². The van der Waals surface area contributed by atoms with Crippen LogP contribution in [0.2, 0.25) is 5.02 Å². The quantitative estimate of drug-likeness (QED) is 0.552. The molecule has 0 bridgehead atoms. The zero-order valence-electron chi connectivity index (χ0n) is 15.5. The van der Waals surface area contributed by atoms with Crippen molar-refractivity contribution in [2.75, 3.05) is 12.9 Å². The summed E-state index contributed by atoms with van der Waals surface area (Å²) in [6, 6.07) is 14.9. The van der Waals surface area contributed by atoms with Crippen LogP contribution in [0.25, 0.3) is 11.5 Å². The van der Waals surface area contributed by atoms with Crippen LogP contribution in [0.5, 0.6) is 5.75 Å². The van der Waals surface area contributed by atoms with Crippen molar-refractivity contribution in [1.82, 2.24) is 15.5 Å². The molecule has 0 aliphatic carbocycles. The second-order valence-corrected chi connectivity index (χ2v) is 7.56. The van der Waals surface area contributed by atoms with E-state index in [2.05, 4.69) is 15.5 Å². The number of ether oxygens (including phenoxy) is 1. The molecule has 6 nitrogen and oxygen atoms in total. The lowest BCUT2D eigenvalue weighted by molar-refractivity contribution is -0.119. The van der Waals surface area contributed by atoms with E-state index in [0.29, 0.717) is 16.1 Å². The van der Waals surface area contributed by atoms with Gasteiger partial charge in [0.05, 0.1) is 12.9 Å². The molecule has 3 aromatic rings. The van der Waals surface area contributed by atoms with Crippen LogP contribution in [0.4, 0.5) is 0 Å². The van der Waals surface area contributed by atoms with Crippen molar-refractivity contribution in [3.05, 3.63) is 59.1 Å². The van der Waals surface area contributed by atoms with Crippen LogP contribution in [0.1, 0.15) is 12.5 Å². The maximum atomic E-state index is 12.2. The summed E-state index contributed by atoms with van der Waals surface area (Å²) in [5.41, 5.74) is 1.88. The van der Waals surface area contributed by atoms with Gasteiger partial charge in [0.25, 0.3) is 5.22 Å². The van der Waals surface area contributed by atoms with Gasteiger partial charge in [-0.1, -0.05) is 35.5 Å². The number of benzene rings is 2. The number of methoxy groups -OCH3 is 1. The fourth-order valence-corrected chi connectivity index (χ4v) is 3.33. The first kappa shape index (κ1) is 20.2. The highest BCUT2D eigenvalue weighted by molar-refractivity contribution is 7.99. The third-order valence-corrected chi connectivity index (χ3v) is 4.98. The van der Waals surface area contributed by atoms with Gasteiger partial charge < -0.3 is 14.5 Å². The van der Waals surface area contributed by atoms with Crippen LogP contribution in [0.15, 0.2) is 58.2 Å². The Bertz CT molecular complexity index is 930. The lowest BCUT2D eigenvalue weighted by Crippen LogP contribution is -2.35. The van der Waals surface area contributed by atoms with Crippen LogP contribution in [-0.2, 0) is 11.2 Å². The molecule has 0 saturated heterocycles. The van der Waals surface area contributed by atoms with Gasteiger partial charge in [0.2, 0.25) is 11.8 Å². The largest absolute Gasteiger partial charge is 0.497 e. The van der Waals surface area contributed by atoms with Gasteiger partial charge in [-0.15, -0.1) is 10.2 Å². The third kappa shape index (κ3) is 5.74. The van der Waals surface area contributed by atoms with E-state index in [1.807, 2.05) is 31.2 Å². The molecule has 1 unspecified atom stereocenters. The number of aromatic nitrogens is 2. The number of nitrogens with zero attached hydrogens (tertiary/aromatic N) is 2. The zero-order valence-corrected chi connectivity index (χ0v) is 17.1. The van der Waals surface area contributed by atoms with E-state index in [-0.39, 0.29) is 17.7 Å². The van der Waals surface area contributed by atoms with E-state index in [1.165, 1.54) is 11.8 Å². The average Bonchev–Trinajstić information content (AvgIpc) is 3.16. The Morgan fingerprint density at radius 1 is 1.25 bits per heavy atom. The number of hydrogen-bond donors (Lipinski definition) is 1. The number of hydrogen-bond acceptors (Lipinski definition) is 6. The Labute approximate surface area is 172 Å². The van der Waals surface area contributed by atoms with Crippen molar-refractivity contribution < 1.29 is 13.9 Å². The second-order valence-electron chi connectivity index (χ2n) is 6.19. The molecule has 0 aliphatic rings. The number of halogens is 1. The van der Waals surface area contributed by atoms with Gasteiger partial charge in [-0.3, -0.25) is 4.79 Å². The summed E-state index contributed by atoms with van der Waals surface area (Å²) in [6.45, 7) is 1.97. The molecule has 0 aliphatic heterocycles. The predicted molar refractivity (Wildman–Crippen MR) is 110 cm³/mol. The zero-order chi connectivity index (χ0) is 19.9. The molecular formula is C20H20ClN3O3S. The van der Waals surface area contributed by atoms with Crippen molar-refractivity contribution in [3.8, 4) is 17.2 Å². The SMILES string of the molecule is COc1cccc(CC(C)NC(=O)CSc2nnc(-c3ccc(Cl)cc3)o2)c1. The van der Waals surface area contributed by atoms with Crippen LogP contribution in [0, 0.1) is 0 Å². The lowest BCUT2D eigenvalue weighted by Gasteiger charge is -2.14. The number of carbonyl (C=O) groups is 1. The molecule has 28 heavy (non-hydrogen) atoms. The Morgan fingerprint density at radius 3 is 2.79 bits per heavy atom. The van der Waals surface area contributed by atoms with Crippen LogP contribution >= 0.6 is 23.4 Å². The second kappa shape index (κ2) is 9.61. The van der Waals surface area contributed by atoms with Gasteiger partial charge in [-0.25, -0.2) is 0 Å². The van der Waals surface area contributed by atoms with E-state index >= 15 is 0 Å². The average molecular weight is 418 g/mol. The molecular weight excluding hydrogens is 398 g/mol. The smallest absolute Gasteiger partial charge is 0.277 e. The number of thioether (sulfide) groups is 1. The predicted octanol–water partition coefficient (Wildman–Crippen LogP) is 4.24. The monoisotopic (exact) mass is 417 g/mol. The molecule has 8 heteroatoms. The summed E-state index contributed by atoms with van der Waals surface area (Å²) in [4.78, 5) is 12.2. The molecule has 3 rings (SSSR count). The lowest BCUT2D eigenvalue weighted by atomic mass is 10.1. The summed E-state index contributed by atoms with van der Waals surface area (Å²) in [5.74, 6) is 1.31. The first-order valence-electron chi connectivity index (χ1n) is 8.68. The van der Waals surface area contributed by atoms with E-state index < -0.39 is 0 Å². The molecule has 1 atom stereocenters. The Kier molecular flexibility index (Phi) is 6.95. The number of amides is 1. The molecule has 0 fully saturated rings. The van der Waals surface area contributed by atoms with E-state index in [0.717, 1.165) is 23.3 Å². The van der Waals surface area contributed by atoms with Gasteiger partial charge >= 0.3 is 0 Å². The Hall–Kier alpha value is -2.51. The van der Waals surface area contributed by atoms with Gasteiger partial charge in [-0.05, 0) is 55.3 Å². The Morgan fingerprint density at radius 2 is 2.04 bits per heavy atom. The molecule has 2 aromatic carbocycles. The van der Waals surface area contributed by atoms with Crippen molar-refractivity contribution in [3.63, 3.8) is 0 Å². The minimum atomic E-state index is -0.0911. The first-order chi connectivity index (χ1) is 13.5. The maximum absolute atomic E-state index is 12.2. The van der Waals surface area contributed by atoms with E-state index in [1.54, 1.807) is 31.4 Å².